The SMILES string of the molecule is CN1C[C@@H]2C[C@H](N(C)Cc3cc(=O)c4cc(Cl)ccc4[nH]3)C[C@@H]2CC1=O. The molecule has 0 bridgehead atoms. The number of carbonyl (C=O) groups excluding carboxylic acids is 1. The Balaban J connectivity index is 1.49. The van der Waals surface area contributed by atoms with Gasteiger partial charge in [0.15, 0.2) is 5.43 Å². The highest BCUT2D eigenvalue weighted by Crippen LogP contribution is 2.40. The van der Waals surface area contributed by atoms with Crippen molar-refractivity contribution >= 4 is 28.4 Å². The molecule has 5 nitrogen and oxygen atoms in total. The Kier molecular flexibility index (Phi) is 4.53. The minimum atomic E-state index is -0.00281. The number of amides is 1. The van der Waals surface area contributed by atoms with Gasteiger partial charge in [0.05, 0.1) is 0 Å². The molecule has 26 heavy (non-hydrogen) atoms. The highest BCUT2D eigenvalue weighted by Gasteiger charge is 2.41. The number of hydrogen-bond donors (Lipinski definition) is 1. The Hall–Kier alpha value is -1.85. The number of halogens is 1. The van der Waals surface area contributed by atoms with Crippen LogP contribution in [0, 0.1) is 11.8 Å². The van der Waals surface area contributed by atoms with Gasteiger partial charge in [-0.2, -0.15) is 0 Å². The first kappa shape index (κ1) is 17.6. The van der Waals surface area contributed by atoms with Crippen LogP contribution in [-0.2, 0) is 11.3 Å². The van der Waals surface area contributed by atoms with Crippen LogP contribution >= 0.6 is 11.6 Å². The lowest BCUT2D eigenvalue weighted by atomic mass is 9.88. The van der Waals surface area contributed by atoms with Gasteiger partial charge in [0, 0.05) is 60.3 Å². The number of H-pyrrole nitrogens is 1. The Labute approximate surface area is 157 Å². The summed E-state index contributed by atoms with van der Waals surface area (Å²) in [5.41, 5.74) is 1.73. The highest BCUT2D eigenvalue weighted by molar-refractivity contribution is 6.31. The van der Waals surface area contributed by atoms with Crippen molar-refractivity contribution < 1.29 is 4.79 Å². The molecule has 2 fully saturated rings. The molecule has 3 atom stereocenters. The number of hydrogen-bond acceptors (Lipinski definition) is 3. The lowest BCUT2D eigenvalue weighted by Crippen LogP contribution is -2.39. The van der Waals surface area contributed by atoms with E-state index >= 15 is 0 Å². The van der Waals surface area contributed by atoms with Crippen molar-refractivity contribution in [2.75, 3.05) is 20.6 Å². The summed E-state index contributed by atoms with van der Waals surface area (Å²) in [6.07, 6.45) is 2.86. The Morgan fingerprint density at radius 3 is 2.81 bits per heavy atom. The third kappa shape index (κ3) is 3.26. The molecule has 1 saturated carbocycles. The lowest BCUT2D eigenvalue weighted by molar-refractivity contribution is -0.134. The van der Waals surface area contributed by atoms with Crippen LogP contribution in [0.1, 0.15) is 25.0 Å². The second kappa shape index (κ2) is 6.71. The number of pyridine rings is 1. The van der Waals surface area contributed by atoms with Crippen LogP contribution in [-0.4, -0.2) is 47.4 Å². The van der Waals surface area contributed by atoms with E-state index in [9.17, 15) is 9.59 Å². The molecule has 2 aromatic rings. The molecule has 1 saturated heterocycles. The fourth-order valence-corrected chi connectivity index (χ4v) is 4.78. The molecule has 1 aromatic carbocycles. The molecular formula is C20H24ClN3O2. The molecule has 0 radical (unpaired) electrons. The number of rotatable bonds is 3. The molecule has 1 aliphatic heterocycles. The number of benzene rings is 1. The maximum atomic E-state index is 12.4. The fraction of sp³-hybridized carbons (Fsp3) is 0.500. The van der Waals surface area contributed by atoms with Gasteiger partial charge in [-0.1, -0.05) is 11.6 Å². The van der Waals surface area contributed by atoms with Crippen LogP contribution in [0.5, 0.6) is 0 Å². The van der Waals surface area contributed by atoms with E-state index in [4.69, 9.17) is 11.6 Å². The van der Waals surface area contributed by atoms with E-state index in [1.165, 1.54) is 0 Å². The second-order valence-corrected chi connectivity index (χ2v) is 8.32. The molecule has 2 heterocycles. The monoisotopic (exact) mass is 373 g/mol. The van der Waals surface area contributed by atoms with Crippen molar-refractivity contribution in [3.05, 3.63) is 45.2 Å². The van der Waals surface area contributed by atoms with Gasteiger partial charge in [-0.15, -0.1) is 0 Å². The van der Waals surface area contributed by atoms with Gasteiger partial charge < -0.3 is 9.88 Å². The summed E-state index contributed by atoms with van der Waals surface area (Å²) in [6, 6.07) is 7.48. The maximum absolute atomic E-state index is 12.4. The van der Waals surface area contributed by atoms with Crippen LogP contribution in [0.25, 0.3) is 10.9 Å². The molecular weight excluding hydrogens is 350 g/mol. The molecule has 1 amide bonds. The molecule has 2 aliphatic rings. The summed E-state index contributed by atoms with van der Waals surface area (Å²) in [5, 5.41) is 1.19. The van der Waals surface area contributed by atoms with Crippen molar-refractivity contribution in [1.29, 1.82) is 0 Å². The molecule has 138 valence electrons. The second-order valence-electron chi connectivity index (χ2n) is 7.89. The van der Waals surface area contributed by atoms with Crippen molar-refractivity contribution in [2.24, 2.45) is 11.8 Å². The number of nitrogens with zero attached hydrogens (tertiary/aromatic N) is 2. The first-order valence-corrected chi connectivity index (χ1v) is 9.54. The molecule has 1 N–H and O–H groups in total. The third-order valence-corrected chi connectivity index (χ3v) is 6.31. The van der Waals surface area contributed by atoms with E-state index in [0.29, 0.717) is 41.3 Å². The number of nitrogens with one attached hydrogen (secondary N) is 1. The van der Waals surface area contributed by atoms with Crippen LogP contribution in [0.4, 0.5) is 0 Å². The van der Waals surface area contributed by atoms with Crippen molar-refractivity contribution in [2.45, 2.75) is 31.8 Å². The summed E-state index contributed by atoms with van der Waals surface area (Å²) in [5.74, 6) is 1.37. The zero-order chi connectivity index (χ0) is 18.4. The number of aromatic amines is 1. The molecule has 1 aromatic heterocycles. The average Bonchev–Trinajstić information content (AvgIpc) is 2.99. The summed E-state index contributed by atoms with van der Waals surface area (Å²) in [7, 11) is 4.01. The fourth-order valence-electron chi connectivity index (χ4n) is 4.60. The molecule has 4 rings (SSSR count). The van der Waals surface area contributed by atoms with Crippen LogP contribution in [0.15, 0.2) is 29.1 Å². The standard InChI is InChI=1S/C20H24ClN3O2/c1-23(16-5-12-7-20(26)24(2)10-13(12)6-16)11-15-9-19(25)17-8-14(21)3-4-18(17)22-15/h3-4,8-9,12-13,16H,5-7,10-11H2,1-2H3,(H,22,25)/t12-,13+,16-/m1/s1. The topological polar surface area (TPSA) is 56.4 Å². The summed E-state index contributed by atoms with van der Waals surface area (Å²) in [4.78, 5) is 31.9. The van der Waals surface area contributed by atoms with Gasteiger partial charge in [-0.3, -0.25) is 14.5 Å². The van der Waals surface area contributed by atoms with E-state index in [-0.39, 0.29) is 11.3 Å². The predicted octanol–water partition coefficient (Wildman–Crippen LogP) is 2.87. The normalized spacial score (nSPS) is 25.9. The largest absolute Gasteiger partial charge is 0.357 e. The van der Waals surface area contributed by atoms with Crippen molar-refractivity contribution in [3.63, 3.8) is 0 Å². The third-order valence-electron chi connectivity index (χ3n) is 6.08. The average molecular weight is 374 g/mol. The number of likely N-dealkylation sites (tertiary alicyclic amines) is 1. The Morgan fingerprint density at radius 2 is 2.00 bits per heavy atom. The highest BCUT2D eigenvalue weighted by atomic mass is 35.5. The van der Waals surface area contributed by atoms with Gasteiger partial charge in [0.2, 0.25) is 5.91 Å². The number of fused-ring (bicyclic) bond motifs is 2. The lowest BCUT2D eigenvalue weighted by Gasteiger charge is -2.31. The quantitative estimate of drug-likeness (QED) is 0.900. The van der Waals surface area contributed by atoms with Crippen LogP contribution < -0.4 is 5.43 Å². The Morgan fingerprint density at radius 1 is 1.23 bits per heavy atom. The molecule has 1 aliphatic carbocycles. The predicted molar refractivity (Wildman–Crippen MR) is 103 cm³/mol. The smallest absolute Gasteiger partial charge is 0.222 e. The minimum Gasteiger partial charge on any atom is -0.357 e. The van der Waals surface area contributed by atoms with E-state index < -0.39 is 0 Å². The van der Waals surface area contributed by atoms with Gasteiger partial charge in [-0.25, -0.2) is 0 Å². The first-order valence-electron chi connectivity index (χ1n) is 9.16. The van der Waals surface area contributed by atoms with Crippen LogP contribution in [0.3, 0.4) is 0 Å². The first-order chi connectivity index (χ1) is 12.4. The summed E-state index contributed by atoms with van der Waals surface area (Å²) >= 11 is 5.99. The van der Waals surface area contributed by atoms with Gasteiger partial charge in [0.25, 0.3) is 0 Å². The van der Waals surface area contributed by atoms with Crippen LogP contribution in [0.2, 0.25) is 5.02 Å². The number of aromatic nitrogens is 1. The molecule has 0 unspecified atom stereocenters. The van der Waals surface area contributed by atoms with E-state index in [1.807, 2.05) is 18.0 Å². The van der Waals surface area contributed by atoms with Gasteiger partial charge in [0.1, 0.15) is 0 Å². The van der Waals surface area contributed by atoms with Crippen molar-refractivity contribution in [1.82, 2.24) is 14.8 Å². The summed E-state index contributed by atoms with van der Waals surface area (Å²) < 4.78 is 0. The van der Waals surface area contributed by atoms with Gasteiger partial charge >= 0.3 is 0 Å². The maximum Gasteiger partial charge on any atom is 0.222 e. The van der Waals surface area contributed by atoms with E-state index in [1.54, 1.807) is 18.2 Å². The Bertz CT molecular complexity index is 910. The zero-order valence-electron chi connectivity index (χ0n) is 15.2. The summed E-state index contributed by atoms with van der Waals surface area (Å²) in [6.45, 7) is 1.57. The molecule has 6 heteroatoms. The molecule has 0 spiro atoms. The van der Waals surface area contributed by atoms with E-state index in [0.717, 1.165) is 30.6 Å². The van der Waals surface area contributed by atoms with E-state index in [2.05, 4.69) is 16.9 Å². The van der Waals surface area contributed by atoms with Gasteiger partial charge in [-0.05, 0) is 49.9 Å². The number of carbonyl (C=O) groups is 1. The number of piperidine rings is 1. The zero-order valence-corrected chi connectivity index (χ0v) is 15.9. The van der Waals surface area contributed by atoms with Crippen molar-refractivity contribution in [3.8, 4) is 0 Å². The minimum absolute atomic E-state index is 0.00281.